The van der Waals surface area contributed by atoms with Crippen LogP contribution < -0.4 is 0 Å². The molecule has 0 saturated heterocycles. The largest absolute Gasteiger partial charge is 0.237 e. The van der Waals surface area contributed by atoms with Crippen molar-refractivity contribution in [2.75, 3.05) is 0 Å². The van der Waals surface area contributed by atoms with Crippen LogP contribution in [-0.4, -0.2) is 9.78 Å². The zero-order valence-electron chi connectivity index (χ0n) is 13.8. The van der Waals surface area contributed by atoms with Crippen LogP contribution in [0.3, 0.4) is 0 Å². The molecule has 0 amide bonds. The highest BCUT2D eigenvalue weighted by atomic mass is 35.5. The number of benzene rings is 2. The Balaban J connectivity index is 1.92. The van der Waals surface area contributed by atoms with Crippen LogP contribution in [0.1, 0.15) is 28.4 Å². The molecular weight excluding hydrogens is 330 g/mol. The lowest BCUT2D eigenvalue weighted by Crippen LogP contribution is -2.15. The lowest BCUT2D eigenvalue weighted by Gasteiger charge is -2.24. The number of aryl methyl sites for hydroxylation is 1. The van der Waals surface area contributed by atoms with Gasteiger partial charge >= 0.3 is 0 Å². The number of hydrogen-bond donors (Lipinski definition) is 0. The van der Waals surface area contributed by atoms with Crippen LogP contribution >= 0.6 is 11.6 Å². The standard InChI is InChI=1S/C21H16ClN3/c1-14-20-19(25(24-14)16-10-6-3-7-11-16)12-17(18(13-23)21(20)22)15-8-4-2-5-9-15/h2-11,17H,12H2,1H3. The molecule has 4 heteroatoms. The SMILES string of the molecule is Cc1nn(-c2ccccc2)c2c1C(Cl)=C(C#N)C(c1ccccc1)C2. The summed E-state index contributed by atoms with van der Waals surface area (Å²) in [6.45, 7) is 1.94. The van der Waals surface area contributed by atoms with E-state index in [-0.39, 0.29) is 5.92 Å². The topological polar surface area (TPSA) is 41.6 Å². The zero-order valence-corrected chi connectivity index (χ0v) is 14.5. The molecule has 2 aromatic carbocycles. The van der Waals surface area contributed by atoms with E-state index in [1.165, 1.54) is 0 Å². The van der Waals surface area contributed by atoms with Gasteiger partial charge in [0.25, 0.3) is 0 Å². The number of fused-ring (bicyclic) bond motifs is 1. The normalized spacial score (nSPS) is 16.4. The molecule has 0 bridgehead atoms. The van der Waals surface area contributed by atoms with E-state index in [1.54, 1.807) is 0 Å². The summed E-state index contributed by atoms with van der Waals surface area (Å²) in [4.78, 5) is 0. The van der Waals surface area contributed by atoms with Crippen molar-refractivity contribution in [3.05, 3.63) is 88.8 Å². The van der Waals surface area contributed by atoms with Gasteiger partial charge in [0.05, 0.1) is 33.7 Å². The van der Waals surface area contributed by atoms with Gasteiger partial charge in [0.1, 0.15) is 0 Å². The van der Waals surface area contributed by atoms with Gasteiger partial charge in [-0.3, -0.25) is 0 Å². The van der Waals surface area contributed by atoms with E-state index >= 15 is 0 Å². The van der Waals surface area contributed by atoms with Crippen molar-refractivity contribution in [1.29, 1.82) is 5.26 Å². The molecule has 0 fully saturated rings. The quantitative estimate of drug-likeness (QED) is 0.656. The first-order valence-corrected chi connectivity index (χ1v) is 8.57. The van der Waals surface area contributed by atoms with E-state index in [2.05, 4.69) is 6.07 Å². The van der Waals surface area contributed by atoms with Crippen molar-refractivity contribution in [2.45, 2.75) is 19.3 Å². The average Bonchev–Trinajstić information content (AvgIpc) is 3.00. The van der Waals surface area contributed by atoms with Gasteiger partial charge in [0.15, 0.2) is 0 Å². The van der Waals surface area contributed by atoms with Crippen LogP contribution in [0.2, 0.25) is 0 Å². The molecule has 4 rings (SSSR count). The number of halogens is 1. The summed E-state index contributed by atoms with van der Waals surface area (Å²) >= 11 is 6.67. The van der Waals surface area contributed by atoms with Crippen molar-refractivity contribution in [1.82, 2.24) is 9.78 Å². The van der Waals surface area contributed by atoms with Crippen LogP contribution in [0.4, 0.5) is 0 Å². The lowest BCUT2D eigenvalue weighted by atomic mass is 9.81. The third-order valence-corrected chi connectivity index (χ3v) is 5.07. The fourth-order valence-electron chi connectivity index (χ4n) is 3.51. The second-order valence-corrected chi connectivity index (χ2v) is 6.54. The Hall–Kier alpha value is -2.83. The first-order valence-electron chi connectivity index (χ1n) is 8.19. The fraction of sp³-hybridized carbons (Fsp3) is 0.143. The molecule has 0 aliphatic heterocycles. The summed E-state index contributed by atoms with van der Waals surface area (Å²) in [5, 5.41) is 14.9. The number of para-hydroxylation sites is 1. The Labute approximate surface area is 151 Å². The maximum absolute atomic E-state index is 9.71. The minimum atomic E-state index is -0.0511. The van der Waals surface area contributed by atoms with Gasteiger partial charge in [-0.15, -0.1) is 0 Å². The van der Waals surface area contributed by atoms with Gasteiger partial charge in [0, 0.05) is 17.9 Å². The van der Waals surface area contributed by atoms with Crippen LogP contribution in [0.5, 0.6) is 0 Å². The third kappa shape index (κ3) is 2.56. The van der Waals surface area contributed by atoms with Crippen LogP contribution in [0.25, 0.3) is 10.7 Å². The molecule has 1 aliphatic carbocycles. The van der Waals surface area contributed by atoms with E-state index in [0.29, 0.717) is 17.0 Å². The maximum atomic E-state index is 9.71. The van der Waals surface area contributed by atoms with E-state index in [4.69, 9.17) is 16.7 Å². The number of rotatable bonds is 2. The smallest absolute Gasteiger partial charge is 0.0969 e. The molecule has 0 radical (unpaired) electrons. The molecule has 0 N–H and O–H groups in total. The van der Waals surface area contributed by atoms with Crippen LogP contribution in [0, 0.1) is 18.3 Å². The van der Waals surface area contributed by atoms with E-state index in [0.717, 1.165) is 28.2 Å². The summed E-state index contributed by atoms with van der Waals surface area (Å²) in [6, 6.07) is 22.4. The average molecular weight is 346 g/mol. The minimum absolute atomic E-state index is 0.0511. The molecular formula is C21H16ClN3. The van der Waals surface area contributed by atoms with E-state index in [9.17, 15) is 5.26 Å². The van der Waals surface area contributed by atoms with Crippen molar-refractivity contribution >= 4 is 16.6 Å². The Morgan fingerprint density at radius 2 is 1.72 bits per heavy atom. The lowest BCUT2D eigenvalue weighted by molar-refractivity contribution is 0.721. The van der Waals surface area contributed by atoms with Crippen molar-refractivity contribution in [3.8, 4) is 11.8 Å². The first kappa shape index (κ1) is 15.7. The Bertz CT molecular complexity index is 995. The second kappa shape index (κ2) is 6.23. The highest BCUT2D eigenvalue weighted by Gasteiger charge is 2.32. The van der Waals surface area contributed by atoms with Gasteiger partial charge in [0.2, 0.25) is 0 Å². The summed E-state index contributed by atoms with van der Waals surface area (Å²) in [5.41, 5.74) is 5.53. The maximum Gasteiger partial charge on any atom is 0.0969 e. The molecule has 25 heavy (non-hydrogen) atoms. The molecule has 0 saturated carbocycles. The highest BCUT2D eigenvalue weighted by Crippen LogP contribution is 2.43. The van der Waals surface area contributed by atoms with Gasteiger partial charge in [-0.05, 0) is 24.6 Å². The third-order valence-electron chi connectivity index (χ3n) is 4.68. The molecule has 3 aromatic rings. The van der Waals surface area contributed by atoms with Gasteiger partial charge < -0.3 is 0 Å². The van der Waals surface area contributed by atoms with Crippen molar-refractivity contribution < 1.29 is 0 Å². The van der Waals surface area contributed by atoms with Crippen LogP contribution in [0.15, 0.2) is 66.2 Å². The van der Waals surface area contributed by atoms with Crippen LogP contribution in [-0.2, 0) is 6.42 Å². The summed E-state index contributed by atoms with van der Waals surface area (Å²) in [6.07, 6.45) is 0.703. The number of nitrogens with zero attached hydrogens (tertiary/aromatic N) is 3. The highest BCUT2D eigenvalue weighted by molar-refractivity contribution is 6.50. The summed E-state index contributed by atoms with van der Waals surface area (Å²) in [5.74, 6) is -0.0511. The van der Waals surface area contributed by atoms with Crippen molar-refractivity contribution in [3.63, 3.8) is 0 Å². The first-order chi connectivity index (χ1) is 12.2. The predicted octanol–water partition coefficient (Wildman–Crippen LogP) is 4.99. The summed E-state index contributed by atoms with van der Waals surface area (Å²) in [7, 11) is 0. The molecule has 1 unspecified atom stereocenters. The monoisotopic (exact) mass is 345 g/mol. The molecule has 122 valence electrons. The number of allylic oxidation sites excluding steroid dienone is 1. The van der Waals surface area contributed by atoms with E-state index in [1.807, 2.05) is 72.3 Å². The zero-order chi connectivity index (χ0) is 17.4. The number of aromatic nitrogens is 2. The molecule has 1 aliphatic rings. The Morgan fingerprint density at radius 3 is 2.36 bits per heavy atom. The molecule has 3 nitrogen and oxygen atoms in total. The Kier molecular flexibility index (Phi) is 3.91. The van der Waals surface area contributed by atoms with Gasteiger partial charge in [-0.25, -0.2) is 4.68 Å². The number of hydrogen-bond acceptors (Lipinski definition) is 2. The van der Waals surface area contributed by atoms with Gasteiger partial charge in [-0.2, -0.15) is 10.4 Å². The molecule has 1 aromatic heterocycles. The fourth-order valence-corrected chi connectivity index (χ4v) is 3.93. The minimum Gasteiger partial charge on any atom is -0.237 e. The van der Waals surface area contributed by atoms with Gasteiger partial charge in [-0.1, -0.05) is 60.1 Å². The summed E-state index contributed by atoms with van der Waals surface area (Å²) < 4.78 is 1.96. The molecule has 1 heterocycles. The molecule has 0 spiro atoms. The predicted molar refractivity (Wildman–Crippen MR) is 99.6 cm³/mol. The number of nitriles is 1. The Morgan fingerprint density at radius 1 is 1.08 bits per heavy atom. The van der Waals surface area contributed by atoms with Crippen molar-refractivity contribution in [2.24, 2.45) is 0 Å². The second-order valence-electron chi connectivity index (χ2n) is 6.16. The molecule has 1 atom stereocenters. The van der Waals surface area contributed by atoms with E-state index < -0.39 is 0 Å².